The van der Waals surface area contributed by atoms with Crippen molar-refractivity contribution in [2.45, 2.75) is 18.8 Å². The SMILES string of the molecule is Nc1[nH]ncc1C1CCCNC1. The van der Waals surface area contributed by atoms with Gasteiger partial charge in [0.1, 0.15) is 5.82 Å². The van der Waals surface area contributed by atoms with E-state index in [1.807, 2.05) is 6.20 Å². The monoisotopic (exact) mass is 166 g/mol. The molecule has 1 aliphatic rings. The normalized spacial score (nSPS) is 24.2. The van der Waals surface area contributed by atoms with Crippen LogP contribution in [0.5, 0.6) is 0 Å². The number of nitrogens with one attached hydrogen (secondary N) is 2. The molecule has 0 spiro atoms. The van der Waals surface area contributed by atoms with Crippen molar-refractivity contribution in [2.75, 3.05) is 18.8 Å². The van der Waals surface area contributed by atoms with Crippen LogP contribution in [-0.2, 0) is 0 Å². The minimum atomic E-state index is 0.553. The summed E-state index contributed by atoms with van der Waals surface area (Å²) < 4.78 is 0. The zero-order valence-electron chi connectivity index (χ0n) is 7.01. The van der Waals surface area contributed by atoms with Crippen LogP contribution in [0.2, 0.25) is 0 Å². The van der Waals surface area contributed by atoms with Gasteiger partial charge in [-0.2, -0.15) is 5.10 Å². The number of nitrogens with two attached hydrogens (primary N) is 1. The molecule has 66 valence electrons. The molecule has 0 amide bonds. The second-order valence-corrected chi connectivity index (χ2v) is 3.28. The number of hydrogen-bond donors (Lipinski definition) is 3. The molecule has 0 saturated carbocycles. The van der Waals surface area contributed by atoms with Crippen LogP contribution in [0.25, 0.3) is 0 Å². The van der Waals surface area contributed by atoms with E-state index in [4.69, 9.17) is 5.73 Å². The summed E-state index contributed by atoms with van der Waals surface area (Å²) in [6, 6.07) is 0. The van der Waals surface area contributed by atoms with Crippen LogP contribution in [0, 0.1) is 0 Å². The lowest BCUT2D eigenvalue weighted by molar-refractivity contribution is 0.462. The number of aromatic amines is 1. The van der Waals surface area contributed by atoms with Crippen LogP contribution < -0.4 is 11.1 Å². The third-order valence-corrected chi connectivity index (χ3v) is 2.44. The van der Waals surface area contributed by atoms with Gasteiger partial charge in [-0.3, -0.25) is 5.10 Å². The van der Waals surface area contributed by atoms with Crippen molar-refractivity contribution >= 4 is 5.82 Å². The number of anilines is 1. The van der Waals surface area contributed by atoms with Crippen molar-refractivity contribution in [1.82, 2.24) is 15.5 Å². The zero-order valence-corrected chi connectivity index (χ0v) is 7.01. The molecular formula is C8H14N4. The third-order valence-electron chi connectivity index (χ3n) is 2.44. The second kappa shape index (κ2) is 3.15. The Bertz CT molecular complexity index is 249. The first-order chi connectivity index (χ1) is 5.88. The lowest BCUT2D eigenvalue weighted by atomic mass is 9.93. The summed E-state index contributed by atoms with van der Waals surface area (Å²) in [5.41, 5.74) is 6.89. The van der Waals surface area contributed by atoms with E-state index in [-0.39, 0.29) is 0 Å². The van der Waals surface area contributed by atoms with Crippen molar-refractivity contribution in [3.63, 3.8) is 0 Å². The summed E-state index contributed by atoms with van der Waals surface area (Å²) in [7, 11) is 0. The number of hydrogen-bond acceptors (Lipinski definition) is 3. The van der Waals surface area contributed by atoms with Gasteiger partial charge in [0.05, 0.1) is 6.20 Å². The van der Waals surface area contributed by atoms with E-state index >= 15 is 0 Å². The largest absolute Gasteiger partial charge is 0.384 e. The van der Waals surface area contributed by atoms with E-state index in [1.54, 1.807) is 0 Å². The molecule has 2 rings (SSSR count). The molecule has 0 bridgehead atoms. The van der Waals surface area contributed by atoms with E-state index in [2.05, 4.69) is 15.5 Å². The number of aromatic nitrogens is 2. The number of nitrogen functional groups attached to an aromatic ring is 1. The van der Waals surface area contributed by atoms with Crippen LogP contribution >= 0.6 is 0 Å². The van der Waals surface area contributed by atoms with Crippen molar-refractivity contribution in [3.05, 3.63) is 11.8 Å². The summed E-state index contributed by atoms with van der Waals surface area (Å²) in [5, 5.41) is 10.0. The highest BCUT2D eigenvalue weighted by Crippen LogP contribution is 2.25. The molecule has 1 aromatic heterocycles. The summed E-state index contributed by atoms with van der Waals surface area (Å²) in [6.07, 6.45) is 4.29. The van der Waals surface area contributed by atoms with Gasteiger partial charge in [-0.15, -0.1) is 0 Å². The predicted octanol–water partition coefficient (Wildman–Crippen LogP) is 0.459. The maximum Gasteiger partial charge on any atom is 0.122 e. The number of rotatable bonds is 1. The Kier molecular flexibility index (Phi) is 1.99. The Morgan fingerprint density at radius 2 is 2.50 bits per heavy atom. The summed E-state index contributed by atoms with van der Waals surface area (Å²) >= 11 is 0. The van der Waals surface area contributed by atoms with E-state index < -0.39 is 0 Å². The van der Waals surface area contributed by atoms with Gasteiger partial charge in [-0.05, 0) is 19.4 Å². The first-order valence-corrected chi connectivity index (χ1v) is 4.37. The molecule has 1 fully saturated rings. The Balaban J connectivity index is 2.13. The van der Waals surface area contributed by atoms with Gasteiger partial charge >= 0.3 is 0 Å². The highest BCUT2D eigenvalue weighted by atomic mass is 15.1. The molecule has 1 aliphatic heterocycles. The third kappa shape index (κ3) is 1.30. The first kappa shape index (κ1) is 7.61. The quantitative estimate of drug-likeness (QED) is 0.567. The highest BCUT2D eigenvalue weighted by molar-refractivity contribution is 5.39. The standard InChI is InChI=1S/C8H14N4/c9-8-7(5-11-12-8)6-2-1-3-10-4-6/h5-6,10H,1-4H2,(H3,9,11,12). The fourth-order valence-corrected chi connectivity index (χ4v) is 1.75. The molecule has 4 nitrogen and oxygen atoms in total. The molecular weight excluding hydrogens is 152 g/mol. The average molecular weight is 166 g/mol. The van der Waals surface area contributed by atoms with Crippen molar-refractivity contribution in [1.29, 1.82) is 0 Å². The number of H-pyrrole nitrogens is 1. The van der Waals surface area contributed by atoms with Gasteiger partial charge in [0, 0.05) is 18.0 Å². The molecule has 4 N–H and O–H groups in total. The minimum Gasteiger partial charge on any atom is -0.384 e. The van der Waals surface area contributed by atoms with Gasteiger partial charge in [0.25, 0.3) is 0 Å². The maximum absolute atomic E-state index is 5.73. The Morgan fingerprint density at radius 3 is 3.08 bits per heavy atom. The fraction of sp³-hybridized carbons (Fsp3) is 0.625. The summed E-state index contributed by atoms with van der Waals surface area (Å²) in [4.78, 5) is 0. The fourth-order valence-electron chi connectivity index (χ4n) is 1.75. The van der Waals surface area contributed by atoms with Crippen molar-refractivity contribution in [3.8, 4) is 0 Å². The van der Waals surface area contributed by atoms with Gasteiger partial charge in [0.2, 0.25) is 0 Å². The smallest absolute Gasteiger partial charge is 0.122 e. The van der Waals surface area contributed by atoms with Crippen LogP contribution in [0.1, 0.15) is 24.3 Å². The van der Waals surface area contributed by atoms with E-state index in [1.165, 1.54) is 18.4 Å². The molecule has 12 heavy (non-hydrogen) atoms. The van der Waals surface area contributed by atoms with Gasteiger partial charge in [-0.25, -0.2) is 0 Å². The van der Waals surface area contributed by atoms with Gasteiger partial charge in [-0.1, -0.05) is 0 Å². The van der Waals surface area contributed by atoms with Crippen LogP contribution in [0.3, 0.4) is 0 Å². The van der Waals surface area contributed by atoms with Crippen molar-refractivity contribution < 1.29 is 0 Å². The molecule has 4 heteroatoms. The van der Waals surface area contributed by atoms with Crippen LogP contribution in [0.15, 0.2) is 6.20 Å². The highest BCUT2D eigenvalue weighted by Gasteiger charge is 2.18. The second-order valence-electron chi connectivity index (χ2n) is 3.28. The van der Waals surface area contributed by atoms with E-state index in [0.717, 1.165) is 18.9 Å². The Morgan fingerprint density at radius 1 is 1.58 bits per heavy atom. The van der Waals surface area contributed by atoms with Crippen molar-refractivity contribution in [2.24, 2.45) is 0 Å². The minimum absolute atomic E-state index is 0.553. The molecule has 1 aromatic rings. The van der Waals surface area contributed by atoms with E-state index in [0.29, 0.717) is 5.92 Å². The van der Waals surface area contributed by atoms with Gasteiger partial charge < -0.3 is 11.1 Å². The molecule has 1 unspecified atom stereocenters. The predicted molar refractivity (Wildman–Crippen MR) is 47.8 cm³/mol. The molecule has 0 aromatic carbocycles. The Labute approximate surface area is 71.5 Å². The first-order valence-electron chi connectivity index (χ1n) is 4.37. The van der Waals surface area contributed by atoms with E-state index in [9.17, 15) is 0 Å². The lowest BCUT2D eigenvalue weighted by Crippen LogP contribution is -2.28. The van der Waals surface area contributed by atoms with Crippen LogP contribution in [0.4, 0.5) is 5.82 Å². The molecule has 0 aliphatic carbocycles. The number of piperidine rings is 1. The number of nitrogens with zero attached hydrogens (tertiary/aromatic N) is 1. The molecule has 0 radical (unpaired) electrons. The summed E-state index contributed by atoms with van der Waals surface area (Å²) in [5.74, 6) is 1.28. The Hall–Kier alpha value is -1.03. The average Bonchev–Trinajstić information content (AvgIpc) is 2.53. The van der Waals surface area contributed by atoms with Gasteiger partial charge in [0.15, 0.2) is 0 Å². The molecule has 2 heterocycles. The molecule has 1 saturated heterocycles. The maximum atomic E-state index is 5.73. The molecule has 1 atom stereocenters. The zero-order chi connectivity index (χ0) is 8.39. The topological polar surface area (TPSA) is 66.7 Å². The van der Waals surface area contributed by atoms with Crippen LogP contribution in [-0.4, -0.2) is 23.3 Å². The lowest BCUT2D eigenvalue weighted by Gasteiger charge is -2.21. The summed E-state index contributed by atoms with van der Waals surface area (Å²) in [6.45, 7) is 2.16.